The van der Waals surface area contributed by atoms with Crippen LogP contribution in [0.15, 0.2) is 116 Å². The number of para-hydroxylation sites is 2. The van der Waals surface area contributed by atoms with Gasteiger partial charge in [-0.3, -0.25) is 0 Å². The lowest BCUT2D eigenvalue weighted by Gasteiger charge is -2.25. The molecule has 146 valence electrons. The van der Waals surface area contributed by atoms with Crippen molar-refractivity contribution in [3.63, 3.8) is 0 Å². The molecule has 0 aromatic heterocycles. The Labute approximate surface area is 179 Å². The fourth-order valence-electron chi connectivity index (χ4n) is 3.41. The molecule has 1 heteroatoms. The molecule has 0 saturated carbocycles. The van der Waals surface area contributed by atoms with Gasteiger partial charge in [-0.1, -0.05) is 97.1 Å². The lowest BCUT2D eigenvalue weighted by Crippen LogP contribution is -2.09. The first kappa shape index (κ1) is 19.5. The summed E-state index contributed by atoms with van der Waals surface area (Å²) in [6, 6.07) is 38.1. The summed E-state index contributed by atoms with van der Waals surface area (Å²) in [6.07, 6.45) is 4.29. The van der Waals surface area contributed by atoms with Crippen molar-refractivity contribution < 1.29 is 0 Å². The molecule has 0 aliphatic carbocycles. The van der Waals surface area contributed by atoms with E-state index in [0.717, 1.165) is 22.6 Å². The smallest absolute Gasteiger partial charge is 0.0462 e. The predicted octanol–water partition coefficient (Wildman–Crippen LogP) is 8.36. The zero-order valence-corrected chi connectivity index (χ0v) is 17.2. The van der Waals surface area contributed by atoms with E-state index in [0.29, 0.717) is 0 Å². The van der Waals surface area contributed by atoms with Gasteiger partial charge in [0.1, 0.15) is 0 Å². The zero-order chi connectivity index (χ0) is 20.8. The molecule has 0 amide bonds. The highest BCUT2D eigenvalue weighted by Crippen LogP contribution is 2.34. The topological polar surface area (TPSA) is 3.24 Å². The van der Waals surface area contributed by atoms with Crippen molar-refractivity contribution in [3.8, 4) is 0 Å². The molecule has 0 atom stereocenters. The van der Waals surface area contributed by atoms with Gasteiger partial charge in [-0.2, -0.15) is 0 Å². The fraction of sp³-hybridized carbons (Fsp3) is 0.0345. The minimum Gasteiger partial charge on any atom is -0.311 e. The quantitative estimate of drug-likeness (QED) is 0.300. The highest BCUT2D eigenvalue weighted by Gasteiger charge is 2.11. The molecular formula is C29H25N. The van der Waals surface area contributed by atoms with Gasteiger partial charge in [-0.25, -0.2) is 0 Å². The van der Waals surface area contributed by atoms with E-state index in [4.69, 9.17) is 0 Å². The van der Waals surface area contributed by atoms with Gasteiger partial charge in [-0.15, -0.1) is 0 Å². The summed E-state index contributed by atoms with van der Waals surface area (Å²) in [7, 11) is 0. The van der Waals surface area contributed by atoms with Crippen LogP contribution in [0.3, 0.4) is 0 Å². The molecule has 0 spiro atoms. The second-order valence-electron chi connectivity index (χ2n) is 7.33. The van der Waals surface area contributed by atoms with Crippen molar-refractivity contribution in [2.75, 3.05) is 4.90 Å². The van der Waals surface area contributed by atoms with Gasteiger partial charge in [0.25, 0.3) is 0 Å². The Kier molecular flexibility index (Phi) is 5.91. The van der Waals surface area contributed by atoms with Gasteiger partial charge in [0.05, 0.1) is 0 Å². The zero-order valence-electron chi connectivity index (χ0n) is 17.2. The standard InChI is InChI=1S/C29H25N/c1-23(2)26-19-15-24(16-20-26)13-14-25-17-21-29(22-18-25)30(27-9-5-3-6-10-27)28-11-7-4-8-12-28/h3-22H,1H2,2H3/b14-13+. The first-order valence-electron chi connectivity index (χ1n) is 10.1. The van der Waals surface area contributed by atoms with E-state index in [9.17, 15) is 0 Å². The van der Waals surface area contributed by atoms with Crippen LogP contribution < -0.4 is 4.90 Å². The van der Waals surface area contributed by atoms with E-state index < -0.39 is 0 Å². The summed E-state index contributed by atoms with van der Waals surface area (Å²) in [5.74, 6) is 0. The van der Waals surface area contributed by atoms with Crippen molar-refractivity contribution >= 4 is 34.8 Å². The van der Waals surface area contributed by atoms with Gasteiger partial charge >= 0.3 is 0 Å². The normalized spacial score (nSPS) is 10.8. The Morgan fingerprint density at radius 2 is 0.967 bits per heavy atom. The van der Waals surface area contributed by atoms with Crippen LogP contribution in [-0.4, -0.2) is 0 Å². The molecule has 0 unspecified atom stereocenters. The van der Waals surface area contributed by atoms with Gasteiger partial charge in [0.2, 0.25) is 0 Å². The van der Waals surface area contributed by atoms with Crippen LogP contribution in [0, 0.1) is 0 Å². The number of allylic oxidation sites excluding steroid dienone is 1. The summed E-state index contributed by atoms with van der Waals surface area (Å²) in [5, 5.41) is 0. The van der Waals surface area contributed by atoms with E-state index in [1.54, 1.807) is 0 Å². The van der Waals surface area contributed by atoms with Crippen LogP contribution in [0.4, 0.5) is 17.1 Å². The molecule has 4 aromatic carbocycles. The van der Waals surface area contributed by atoms with Crippen molar-refractivity contribution in [2.24, 2.45) is 0 Å². The van der Waals surface area contributed by atoms with Crippen molar-refractivity contribution in [1.29, 1.82) is 0 Å². The van der Waals surface area contributed by atoms with Crippen LogP contribution in [0.5, 0.6) is 0 Å². The van der Waals surface area contributed by atoms with Gasteiger partial charge in [-0.05, 0) is 60.0 Å². The highest BCUT2D eigenvalue weighted by molar-refractivity contribution is 5.78. The Hall–Kier alpha value is -3.84. The molecule has 0 saturated heterocycles. The minimum absolute atomic E-state index is 1.09. The average Bonchev–Trinajstić information content (AvgIpc) is 2.80. The Morgan fingerprint density at radius 3 is 1.40 bits per heavy atom. The third kappa shape index (κ3) is 4.59. The Morgan fingerprint density at radius 1 is 0.567 bits per heavy atom. The summed E-state index contributed by atoms with van der Waals surface area (Å²) in [5.41, 5.74) is 8.04. The number of hydrogen-bond donors (Lipinski definition) is 0. The number of anilines is 3. The first-order valence-corrected chi connectivity index (χ1v) is 10.1. The van der Waals surface area contributed by atoms with Gasteiger partial charge < -0.3 is 4.90 Å². The van der Waals surface area contributed by atoms with E-state index in [-0.39, 0.29) is 0 Å². The largest absolute Gasteiger partial charge is 0.311 e. The molecule has 0 N–H and O–H groups in total. The van der Waals surface area contributed by atoms with E-state index in [1.807, 2.05) is 19.1 Å². The minimum atomic E-state index is 1.09. The molecule has 0 heterocycles. The molecule has 0 fully saturated rings. The maximum absolute atomic E-state index is 3.99. The monoisotopic (exact) mass is 387 g/mol. The lowest BCUT2D eigenvalue weighted by molar-refractivity contribution is 1.28. The van der Waals surface area contributed by atoms with Crippen molar-refractivity contribution in [2.45, 2.75) is 6.92 Å². The second-order valence-corrected chi connectivity index (χ2v) is 7.33. The van der Waals surface area contributed by atoms with Crippen LogP contribution in [0.1, 0.15) is 23.6 Å². The second kappa shape index (κ2) is 9.11. The molecule has 0 bridgehead atoms. The fourth-order valence-corrected chi connectivity index (χ4v) is 3.41. The predicted molar refractivity (Wildman–Crippen MR) is 131 cm³/mol. The highest BCUT2D eigenvalue weighted by atomic mass is 15.1. The van der Waals surface area contributed by atoms with Crippen LogP contribution in [-0.2, 0) is 0 Å². The molecule has 4 rings (SSSR count). The van der Waals surface area contributed by atoms with Gasteiger partial charge in [0.15, 0.2) is 0 Å². The lowest BCUT2D eigenvalue weighted by atomic mass is 10.1. The van der Waals surface area contributed by atoms with Crippen molar-refractivity contribution in [1.82, 2.24) is 0 Å². The number of benzene rings is 4. The van der Waals surface area contributed by atoms with Crippen molar-refractivity contribution in [3.05, 3.63) is 132 Å². The number of nitrogens with zero attached hydrogens (tertiary/aromatic N) is 1. The summed E-state index contributed by atoms with van der Waals surface area (Å²) in [6.45, 7) is 6.02. The van der Waals surface area contributed by atoms with E-state index in [2.05, 4.69) is 121 Å². The molecule has 0 aliphatic heterocycles. The van der Waals surface area contributed by atoms with Crippen LogP contribution >= 0.6 is 0 Å². The third-order valence-corrected chi connectivity index (χ3v) is 5.05. The molecule has 0 aliphatic rings. The number of rotatable bonds is 6. The summed E-state index contributed by atoms with van der Waals surface area (Å²) >= 11 is 0. The van der Waals surface area contributed by atoms with Gasteiger partial charge in [0, 0.05) is 17.1 Å². The molecule has 0 radical (unpaired) electrons. The molecule has 30 heavy (non-hydrogen) atoms. The molecule has 1 nitrogen and oxygen atoms in total. The number of hydrogen-bond acceptors (Lipinski definition) is 1. The SMILES string of the molecule is C=C(C)c1ccc(/C=C/c2ccc(N(c3ccccc3)c3ccccc3)cc2)cc1. The third-order valence-electron chi connectivity index (χ3n) is 5.05. The molecular weight excluding hydrogens is 362 g/mol. The van der Waals surface area contributed by atoms with Crippen LogP contribution in [0.2, 0.25) is 0 Å². The maximum atomic E-state index is 3.99. The first-order chi connectivity index (χ1) is 14.7. The summed E-state index contributed by atoms with van der Waals surface area (Å²) < 4.78 is 0. The van der Waals surface area contributed by atoms with E-state index >= 15 is 0 Å². The molecule has 4 aromatic rings. The maximum Gasteiger partial charge on any atom is 0.0462 e. The van der Waals surface area contributed by atoms with Crippen LogP contribution in [0.25, 0.3) is 17.7 Å². The van der Waals surface area contributed by atoms with E-state index in [1.165, 1.54) is 16.7 Å². The average molecular weight is 388 g/mol. The Bertz CT molecular complexity index is 1080. The Balaban J connectivity index is 1.58. The summed E-state index contributed by atoms with van der Waals surface area (Å²) in [4.78, 5) is 2.27.